The average Bonchev–Trinajstić information content (AvgIpc) is 2.87. The molecule has 0 spiro atoms. The Kier molecular flexibility index (Phi) is 4.54. The first-order chi connectivity index (χ1) is 9.04. The zero-order valence-corrected chi connectivity index (χ0v) is 11.3. The Morgan fingerprint density at radius 1 is 1.42 bits per heavy atom. The van der Waals surface area contributed by atoms with Crippen molar-refractivity contribution in [3.8, 4) is 0 Å². The molecule has 1 aliphatic heterocycles. The highest BCUT2D eigenvalue weighted by molar-refractivity contribution is 7.87. The highest BCUT2D eigenvalue weighted by Gasteiger charge is 2.38. The van der Waals surface area contributed by atoms with Gasteiger partial charge in [0.15, 0.2) is 5.44 Å². The molecule has 0 aromatic heterocycles. The summed E-state index contributed by atoms with van der Waals surface area (Å²) in [7, 11) is -4.12. The Morgan fingerprint density at radius 2 is 2.11 bits per heavy atom. The molecule has 1 unspecified atom stereocenters. The minimum absolute atomic E-state index is 0.478. The number of nitrogens with two attached hydrogens (primary N) is 1. The lowest BCUT2D eigenvalue weighted by molar-refractivity contribution is 0.110. The summed E-state index contributed by atoms with van der Waals surface area (Å²) in [5.74, 6) is 4.71. The number of likely N-dealkylation sites (tertiary alicyclic amines) is 1. The molecule has 3 N–H and O–H groups in total. The molecule has 106 valence electrons. The third-order valence-corrected chi connectivity index (χ3v) is 4.58. The molecule has 1 saturated heterocycles. The normalized spacial score (nSPS) is 22.5. The maximum Gasteiger partial charge on any atom is 0.311 e. The summed E-state index contributed by atoms with van der Waals surface area (Å²) < 4.78 is 26.8. The summed E-state index contributed by atoms with van der Waals surface area (Å²) in [5, 5.41) is 9.89. The Morgan fingerprint density at radius 3 is 2.74 bits per heavy atom. The van der Waals surface area contributed by atoms with Crippen LogP contribution in [-0.2, 0) is 20.9 Å². The Balaban J connectivity index is 2.09. The second-order valence-corrected chi connectivity index (χ2v) is 6.31. The van der Waals surface area contributed by atoms with Gasteiger partial charge in [-0.25, -0.2) is 0 Å². The SMILES string of the molecule is NOS(=O)(=O)C(O)[C@@H]1CCCN1Cc1ccccc1. The van der Waals surface area contributed by atoms with Gasteiger partial charge in [-0.3, -0.25) is 4.90 Å². The van der Waals surface area contributed by atoms with Gasteiger partial charge in [0.2, 0.25) is 0 Å². The fourth-order valence-electron chi connectivity index (χ4n) is 2.44. The number of hydrogen-bond acceptors (Lipinski definition) is 6. The molecule has 19 heavy (non-hydrogen) atoms. The van der Waals surface area contributed by atoms with Crippen LogP contribution < -0.4 is 5.90 Å². The highest BCUT2D eigenvalue weighted by atomic mass is 32.2. The summed E-state index contributed by atoms with van der Waals surface area (Å²) in [6.07, 6.45) is 1.45. The molecule has 7 heteroatoms. The van der Waals surface area contributed by atoms with Crippen LogP contribution in [0.15, 0.2) is 30.3 Å². The molecule has 2 atom stereocenters. The molecular formula is C12H18N2O4S. The molecule has 0 aliphatic carbocycles. The van der Waals surface area contributed by atoms with Crippen molar-refractivity contribution in [1.29, 1.82) is 0 Å². The number of aliphatic hydroxyl groups is 1. The molecule has 0 saturated carbocycles. The topological polar surface area (TPSA) is 92.9 Å². The van der Waals surface area contributed by atoms with E-state index in [2.05, 4.69) is 4.28 Å². The fourth-order valence-corrected chi connectivity index (χ4v) is 3.25. The van der Waals surface area contributed by atoms with Crippen LogP contribution in [0.4, 0.5) is 0 Å². The van der Waals surface area contributed by atoms with Crippen LogP contribution in [0.3, 0.4) is 0 Å². The van der Waals surface area contributed by atoms with E-state index in [1.165, 1.54) is 0 Å². The molecule has 0 radical (unpaired) electrons. The van der Waals surface area contributed by atoms with Crippen molar-refractivity contribution in [3.05, 3.63) is 35.9 Å². The molecule has 1 aliphatic rings. The maximum absolute atomic E-state index is 11.5. The van der Waals surface area contributed by atoms with Crippen LogP contribution in [0.25, 0.3) is 0 Å². The maximum atomic E-state index is 11.5. The van der Waals surface area contributed by atoms with E-state index < -0.39 is 21.6 Å². The predicted molar refractivity (Wildman–Crippen MR) is 70.1 cm³/mol. The smallest absolute Gasteiger partial charge is 0.311 e. The van der Waals surface area contributed by atoms with Crippen molar-refractivity contribution in [2.75, 3.05) is 6.54 Å². The Labute approximate surface area is 112 Å². The van der Waals surface area contributed by atoms with Crippen LogP contribution in [0.2, 0.25) is 0 Å². The summed E-state index contributed by atoms with van der Waals surface area (Å²) in [5.41, 5.74) is -0.531. The van der Waals surface area contributed by atoms with Crippen LogP contribution in [0.5, 0.6) is 0 Å². The van der Waals surface area contributed by atoms with Gasteiger partial charge in [0.05, 0.1) is 6.04 Å². The number of hydrogen-bond donors (Lipinski definition) is 2. The van der Waals surface area contributed by atoms with Crippen molar-refractivity contribution in [2.24, 2.45) is 5.90 Å². The van der Waals surface area contributed by atoms with E-state index in [9.17, 15) is 13.5 Å². The standard InChI is InChI=1S/C12H18N2O4S/c13-18-19(16,17)12(15)11-7-4-8-14(11)9-10-5-2-1-3-6-10/h1-3,5-6,11-12,15H,4,7-9,13H2/t11-,12?/m0/s1. The van der Waals surface area contributed by atoms with E-state index in [-0.39, 0.29) is 0 Å². The van der Waals surface area contributed by atoms with Crippen molar-refractivity contribution in [1.82, 2.24) is 4.90 Å². The first-order valence-electron chi connectivity index (χ1n) is 6.13. The lowest BCUT2D eigenvalue weighted by atomic mass is 10.2. The van der Waals surface area contributed by atoms with E-state index in [1.54, 1.807) is 0 Å². The number of benzene rings is 1. The van der Waals surface area contributed by atoms with Crippen LogP contribution in [-0.4, -0.2) is 36.4 Å². The van der Waals surface area contributed by atoms with E-state index >= 15 is 0 Å². The third-order valence-electron chi connectivity index (χ3n) is 3.40. The molecule has 1 aromatic rings. The van der Waals surface area contributed by atoms with Crippen molar-refractivity contribution in [2.45, 2.75) is 30.9 Å². The van der Waals surface area contributed by atoms with Gasteiger partial charge in [0.25, 0.3) is 0 Å². The second-order valence-electron chi connectivity index (χ2n) is 4.65. The minimum Gasteiger partial charge on any atom is -0.374 e. The third kappa shape index (κ3) is 3.31. The van der Waals surface area contributed by atoms with Gasteiger partial charge in [-0.2, -0.15) is 18.6 Å². The van der Waals surface area contributed by atoms with E-state index in [0.29, 0.717) is 13.0 Å². The van der Waals surface area contributed by atoms with Gasteiger partial charge in [-0.05, 0) is 24.9 Å². The first kappa shape index (κ1) is 14.4. The molecule has 6 nitrogen and oxygen atoms in total. The molecule has 1 aromatic carbocycles. The van der Waals surface area contributed by atoms with Gasteiger partial charge < -0.3 is 5.11 Å². The molecule has 1 heterocycles. The van der Waals surface area contributed by atoms with E-state index in [4.69, 9.17) is 5.90 Å². The van der Waals surface area contributed by atoms with Crippen molar-refractivity contribution >= 4 is 10.1 Å². The molecule has 2 rings (SSSR count). The number of rotatable bonds is 5. The van der Waals surface area contributed by atoms with Gasteiger partial charge >= 0.3 is 10.1 Å². The lowest BCUT2D eigenvalue weighted by Gasteiger charge is -2.27. The summed E-state index contributed by atoms with van der Waals surface area (Å²) in [6.45, 7) is 1.35. The van der Waals surface area contributed by atoms with E-state index in [1.807, 2.05) is 35.2 Å². The largest absolute Gasteiger partial charge is 0.374 e. The second kappa shape index (κ2) is 5.98. The lowest BCUT2D eigenvalue weighted by Crippen LogP contribution is -2.44. The highest BCUT2D eigenvalue weighted by Crippen LogP contribution is 2.25. The monoisotopic (exact) mass is 286 g/mol. The number of aliphatic hydroxyl groups excluding tert-OH is 1. The van der Waals surface area contributed by atoms with Gasteiger partial charge in [0, 0.05) is 6.54 Å². The van der Waals surface area contributed by atoms with Crippen molar-refractivity contribution < 1.29 is 17.8 Å². The zero-order valence-electron chi connectivity index (χ0n) is 10.5. The summed E-state index contributed by atoms with van der Waals surface area (Å²) in [4.78, 5) is 1.94. The predicted octanol–water partition coefficient (Wildman–Crippen LogP) is 0.190. The van der Waals surface area contributed by atoms with Gasteiger partial charge in [-0.15, -0.1) is 0 Å². The van der Waals surface area contributed by atoms with Crippen molar-refractivity contribution in [3.63, 3.8) is 0 Å². The van der Waals surface area contributed by atoms with E-state index in [0.717, 1.165) is 18.5 Å². The first-order valence-corrected chi connectivity index (χ1v) is 7.60. The van der Waals surface area contributed by atoms with Crippen LogP contribution in [0, 0.1) is 0 Å². The summed E-state index contributed by atoms with van der Waals surface area (Å²) >= 11 is 0. The average molecular weight is 286 g/mol. The number of nitrogens with zero attached hydrogens (tertiary/aromatic N) is 1. The molecule has 1 fully saturated rings. The van der Waals surface area contributed by atoms with Crippen LogP contribution >= 0.6 is 0 Å². The fraction of sp³-hybridized carbons (Fsp3) is 0.500. The van der Waals surface area contributed by atoms with Crippen LogP contribution in [0.1, 0.15) is 18.4 Å². The van der Waals surface area contributed by atoms with Gasteiger partial charge in [0.1, 0.15) is 0 Å². The summed E-state index contributed by atoms with van der Waals surface area (Å²) in [6, 6.07) is 9.24. The Hall–Kier alpha value is -0.990. The quantitative estimate of drug-likeness (QED) is 0.751. The minimum atomic E-state index is -4.12. The Bertz CT molecular complexity index is 506. The molecular weight excluding hydrogens is 268 g/mol. The zero-order chi connectivity index (χ0) is 13.9. The molecule has 0 bridgehead atoms. The van der Waals surface area contributed by atoms with Gasteiger partial charge in [-0.1, -0.05) is 30.3 Å². The molecule has 0 amide bonds.